The molecule has 0 saturated heterocycles. The lowest BCUT2D eigenvalue weighted by atomic mass is 10.1. The molecule has 2 heterocycles. The highest BCUT2D eigenvalue weighted by Gasteiger charge is 2.13. The van der Waals surface area contributed by atoms with Gasteiger partial charge in [-0.1, -0.05) is 25.1 Å². The fourth-order valence-electron chi connectivity index (χ4n) is 2.18. The first kappa shape index (κ1) is 12.1. The Morgan fingerprint density at radius 1 is 1.21 bits per heavy atom. The van der Waals surface area contributed by atoms with Crippen LogP contribution in [0, 0.1) is 6.92 Å². The number of thiophene rings is 1. The Labute approximate surface area is 116 Å². The molecule has 3 nitrogen and oxygen atoms in total. The summed E-state index contributed by atoms with van der Waals surface area (Å²) in [5.41, 5.74) is 9.07. The summed E-state index contributed by atoms with van der Waals surface area (Å²) in [5.74, 6) is 1.38. The summed E-state index contributed by atoms with van der Waals surface area (Å²) in [4.78, 5) is 8.98. The number of aryl methyl sites for hydroxylation is 1. The number of nitrogen functional groups attached to an aromatic ring is 1. The fourth-order valence-corrected chi connectivity index (χ4v) is 3.10. The minimum Gasteiger partial charge on any atom is -0.383 e. The zero-order valence-corrected chi connectivity index (χ0v) is 11.8. The van der Waals surface area contributed by atoms with Crippen molar-refractivity contribution in [2.45, 2.75) is 20.3 Å². The Kier molecular flexibility index (Phi) is 2.95. The van der Waals surface area contributed by atoms with E-state index in [0.717, 1.165) is 29.1 Å². The van der Waals surface area contributed by atoms with Gasteiger partial charge in [0.1, 0.15) is 11.6 Å². The van der Waals surface area contributed by atoms with Gasteiger partial charge in [0, 0.05) is 22.2 Å². The molecule has 0 bridgehead atoms. The zero-order chi connectivity index (χ0) is 13.4. The Balaban J connectivity index is 2.32. The second-order valence-corrected chi connectivity index (χ2v) is 5.41. The second-order valence-electron chi connectivity index (χ2n) is 4.50. The predicted molar refractivity (Wildman–Crippen MR) is 81.4 cm³/mol. The molecule has 3 rings (SSSR count). The highest BCUT2D eigenvalue weighted by atomic mass is 32.1. The molecule has 0 aliphatic heterocycles. The lowest BCUT2D eigenvalue weighted by Gasteiger charge is -2.10. The Bertz CT molecular complexity index is 746. The van der Waals surface area contributed by atoms with Crippen molar-refractivity contribution in [3.63, 3.8) is 0 Å². The third-order valence-electron chi connectivity index (χ3n) is 3.28. The summed E-state index contributed by atoms with van der Waals surface area (Å²) >= 11 is 1.74. The van der Waals surface area contributed by atoms with Crippen LogP contribution in [0.3, 0.4) is 0 Å². The molecule has 96 valence electrons. The summed E-state index contributed by atoms with van der Waals surface area (Å²) in [7, 11) is 0. The van der Waals surface area contributed by atoms with Crippen molar-refractivity contribution in [1.82, 2.24) is 9.97 Å². The summed E-state index contributed by atoms with van der Waals surface area (Å²) in [6.45, 7) is 4.02. The average Bonchev–Trinajstić information content (AvgIpc) is 2.90. The molecule has 1 aromatic carbocycles. The van der Waals surface area contributed by atoms with Crippen LogP contribution in [-0.2, 0) is 6.42 Å². The quantitative estimate of drug-likeness (QED) is 0.769. The molecule has 0 spiro atoms. The van der Waals surface area contributed by atoms with Gasteiger partial charge < -0.3 is 5.73 Å². The fraction of sp³-hybridized carbons (Fsp3) is 0.200. The summed E-state index contributed by atoms with van der Waals surface area (Å²) in [5, 5.41) is 3.35. The minimum atomic E-state index is 0.579. The monoisotopic (exact) mass is 269 g/mol. The van der Waals surface area contributed by atoms with E-state index >= 15 is 0 Å². The van der Waals surface area contributed by atoms with E-state index in [4.69, 9.17) is 5.73 Å². The maximum Gasteiger partial charge on any atom is 0.131 e. The van der Waals surface area contributed by atoms with E-state index in [9.17, 15) is 0 Å². The number of aromatic nitrogens is 2. The largest absolute Gasteiger partial charge is 0.383 e. The van der Waals surface area contributed by atoms with Gasteiger partial charge in [0.15, 0.2) is 0 Å². The van der Waals surface area contributed by atoms with Gasteiger partial charge in [0.2, 0.25) is 0 Å². The molecule has 0 aliphatic carbocycles. The highest BCUT2D eigenvalue weighted by molar-refractivity contribution is 7.17. The van der Waals surface area contributed by atoms with Gasteiger partial charge in [0.05, 0.1) is 5.69 Å². The molecular weight excluding hydrogens is 254 g/mol. The van der Waals surface area contributed by atoms with E-state index in [2.05, 4.69) is 39.6 Å². The van der Waals surface area contributed by atoms with E-state index in [1.165, 1.54) is 10.1 Å². The molecule has 0 saturated carbocycles. The minimum absolute atomic E-state index is 0.579. The van der Waals surface area contributed by atoms with Crippen LogP contribution < -0.4 is 5.73 Å². The van der Waals surface area contributed by atoms with Crippen molar-refractivity contribution < 1.29 is 0 Å². The molecule has 4 heteroatoms. The SMILES string of the molecule is CCc1nc(N)c(C)c(-c2cccc3ccsc23)n1. The Hall–Kier alpha value is -1.94. The molecule has 0 aliphatic rings. The molecule has 2 N–H and O–H groups in total. The number of anilines is 1. The topological polar surface area (TPSA) is 51.8 Å². The van der Waals surface area contributed by atoms with Gasteiger partial charge in [-0.25, -0.2) is 9.97 Å². The number of hydrogen-bond donors (Lipinski definition) is 1. The zero-order valence-electron chi connectivity index (χ0n) is 11.0. The highest BCUT2D eigenvalue weighted by Crippen LogP contribution is 2.34. The number of rotatable bonds is 2. The summed E-state index contributed by atoms with van der Waals surface area (Å²) in [6, 6.07) is 8.42. The van der Waals surface area contributed by atoms with Crippen LogP contribution in [0.1, 0.15) is 18.3 Å². The normalized spacial score (nSPS) is 11.1. The van der Waals surface area contributed by atoms with Gasteiger partial charge in [-0.3, -0.25) is 0 Å². The summed E-state index contributed by atoms with van der Waals surface area (Å²) in [6.07, 6.45) is 0.790. The molecule has 0 fully saturated rings. The molecule has 0 atom stereocenters. The number of fused-ring (bicyclic) bond motifs is 1. The summed E-state index contributed by atoms with van der Waals surface area (Å²) < 4.78 is 1.26. The van der Waals surface area contributed by atoms with E-state index in [1.807, 2.05) is 13.8 Å². The standard InChI is InChI=1S/C15H15N3S/c1-3-12-17-13(9(2)15(16)18-12)11-6-4-5-10-7-8-19-14(10)11/h4-8H,3H2,1-2H3,(H2,16,17,18). The van der Waals surface area contributed by atoms with Gasteiger partial charge in [-0.15, -0.1) is 11.3 Å². The average molecular weight is 269 g/mol. The lowest BCUT2D eigenvalue weighted by molar-refractivity contribution is 0.941. The second kappa shape index (κ2) is 4.63. The molecule has 0 amide bonds. The van der Waals surface area contributed by atoms with Crippen LogP contribution in [0.15, 0.2) is 29.6 Å². The van der Waals surface area contributed by atoms with Crippen LogP contribution in [0.2, 0.25) is 0 Å². The third kappa shape index (κ3) is 1.98. The van der Waals surface area contributed by atoms with E-state index < -0.39 is 0 Å². The Morgan fingerprint density at radius 3 is 2.84 bits per heavy atom. The van der Waals surface area contributed by atoms with Crippen LogP contribution in [0.5, 0.6) is 0 Å². The van der Waals surface area contributed by atoms with Crippen molar-refractivity contribution in [2.24, 2.45) is 0 Å². The van der Waals surface area contributed by atoms with Crippen LogP contribution >= 0.6 is 11.3 Å². The van der Waals surface area contributed by atoms with E-state index in [-0.39, 0.29) is 0 Å². The number of hydrogen-bond acceptors (Lipinski definition) is 4. The molecule has 0 unspecified atom stereocenters. The first-order chi connectivity index (χ1) is 9.20. The van der Waals surface area contributed by atoms with Crippen LogP contribution in [0.25, 0.3) is 21.3 Å². The molecular formula is C15H15N3S. The number of nitrogens with two attached hydrogens (primary N) is 1. The van der Waals surface area contributed by atoms with Crippen molar-refractivity contribution in [3.05, 3.63) is 41.0 Å². The van der Waals surface area contributed by atoms with Crippen molar-refractivity contribution in [3.8, 4) is 11.3 Å². The molecule has 19 heavy (non-hydrogen) atoms. The molecule has 2 aromatic heterocycles. The smallest absolute Gasteiger partial charge is 0.131 e. The van der Waals surface area contributed by atoms with E-state index in [0.29, 0.717) is 5.82 Å². The van der Waals surface area contributed by atoms with Crippen molar-refractivity contribution in [1.29, 1.82) is 0 Å². The van der Waals surface area contributed by atoms with Gasteiger partial charge in [-0.2, -0.15) is 0 Å². The maximum absolute atomic E-state index is 6.01. The van der Waals surface area contributed by atoms with Crippen molar-refractivity contribution in [2.75, 3.05) is 5.73 Å². The molecule has 3 aromatic rings. The van der Waals surface area contributed by atoms with Gasteiger partial charge >= 0.3 is 0 Å². The van der Waals surface area contributed by atoms with Crippen LogP contribution in [0.4, 0.5) is 5.82 Å². The van der Waals surface area contributed by atoms with Gasteiger partial charge in [0.25, 0.3) is 0 Å². The first-order valence-corrected chi connectivity index (χ1v) is 7.18. The lowest BCUT2D eigenvalue weighted by Crippen LogP contribution is -2.04. The predicted octanol–water partition coefficient (Wildman–Crippen LogP) is 3.81. The maximum atomic E-state index is 6.01. The third-order valence-corrected chi connectivity index (χ3v) is 4.24. The number of nitrogens with zero attached hydrogens (tertiary/aromatic N) is 2. The van der Waals surface area contributed by atoms with E-state index in [1.54, 1.807) is 11.3 Å². The van der Waals surface area contributed by atoms with Gasteiger partial charge in [-0.05, 0) is 23.8 Å². The Morgan fingerprint density at radius 2 is 2.05 bits per heavy atom. The van der Waals surface area contributed by atoms with Crippen LogP contribution in [-0.4, -0.2) is 9.97 Å². The van der Waals surface area contributed by atoms with Crippen molar-refractivity contribution >= 4 is 27.2 Å². The molecule has 0 radical (unpaired) electrons. The number of benzene rings is 1. The first-order valence-electron chi connectivity index (χ1n) is 6.30.